The Morgan fingerprint density at radius 1 is 1.11 bits per heavy atom. The third kappa shape index (κ3) is 3.62. The van der Waals surface area contributed by atoms with Crippen molar-refractivity contribution in [3.8, 4) is 5.75 Å². The van der Waals surface area contributed by atoms with E-state index in [2.05, 4.69) is 4.18 Å². The van der Waals surface area contributed by atoms with E-state index in [9.17, 15) is 21.6 Å². The number of alkyl halides is 3. The van der Waals surface area contributed by atoms with Crippen LogP contribution in [-0.4, -0.2) is 13.9 Å². The zero-order valence-corrected chi connectivity index (χ0v) is 11.6. The normalized spacial score (nSPS) is 13.4. The highest BCUT2D eigenvalue weighted by Gasteiger charge is 2.48. The first-order valence-corrected chi connectivity index (χ1v) is 7.02. The average molecular weight is 296 g/mol. The molecule has 0 saturated heterocycles. The maximum atomic E-state index is 12.1. The lowest BCUT2D eigenvalue weighted by molar-refractivity contribution is -0.0500. The van der Waals surface area contributed by atoms with Gasteiger partial charge in [0.25, 0.3) is 0 Å². The number of halogens is 3. The third-order valence-electron chi connectivity index (χ3n) is 3.01. The van der Waals surface area contributed by atoms with Crippen LogP contribution in [0.5, 0.6) is 5.75 Å². The quantitative estimate of drug-likeness (QED) is 0.630. The molecule has 0 unspecified atom stereocenters. The monoisotopic (exact) mass is 296 g/mol. The van der Waals surface area contributed by atoms with Crippen LogP contribution in [0.25, 0.3) is 0 Å². The van der Waals surface area contributed by atoms with Crippen molar-refractivity contribution in [2.75, 3.05) is 0 Å². The molecule has 0 aromatic heterocycles. The summed E-state index contributed by atoms with van der Waals surface area (Å²) < 4.78 is 62.0. The lowest BCUT2D eigenvalue weighted by Gasteiger charge is -2.23. The van der Waals surface area contributed by atoms with E-state index >= 15 is 0 Å². The van der Waals surface area contributed by atoms with Gasteiger partial charge >= 0.3 is 15.6 Å². The molecule has 0 aliphatic carbocycles. The van der Waals surface area contributed by atoms with Gasteiger partial charge in [-0.15, -0.1) is 0 Å². The van der Waals surface area contributed by atoms with Gasteiger partial charge in [0.05, 0.1) is 0 Å². The Hall–Kier alpha value is -1.24. The van der Waals surface area contributed by atoms with Crippen molar-refractivity contribution in [2.24, 2.45) is 0 Å². The molecule has 0 saturated carbocycles. The van der Waals surface area contributed by atoms with Gasteiger partial charge in [-0.25, -0.2) is 0 Å². The van der Waals surface area contributed by atoms with Gasteiger partial charge in [0.2, 0.25) is 0 Å². The van der Waals surface area contributed by atoms with Crippen LogP contribution in [0.3, 0.4) is 0 Å². The first kappa shape index (κ1) is 15.8. The van der Waals surface area contributed by atoms with E-state index in [-0.39, 0.29) is 11.2 Å². The molecule has 108 valence electrons. The van der Waals surface area contributed by atoms with Crippen LogP contribution in [-0.2, 0) is 15.5 Å². The predicted octanol–water partition coefficient (Wildman–Crippen LogP) is 3.60. The fourth-order valence-electron chi connectivity index (χ4n) is 1.34. The summed E-state index contributed by atoms with van der Waals surface area (Å²) >= 11 is 0. The molecule has 0 fully saturated rings. The molecule has 19 heavy (non-hydrogen) atoms. The van der Waals surface area contributed by atoms with E-state index in [1.807, 2.05) is 20.8 Å². The van der Waals surface area contributed by atoms with Crippen molar-refractivity contribution in [2.45, 2.75) is 38.1 Å². The SMILES string of the molecule is CCC(C)(C)c1ccc(OS(=O)(=O)C(F)(F)F)cc1. The molecule has 3 nitrogen and oxygen atoms in total. The summed E-state index contributed by atoms with van der Waals surface area (Å²) in [5, 5.41) is 0. The second-order valence-electron chi connectivity index (χ2n) is 4.75. The summed E-state index contributed by atoms with van der Waals surface area (Å²) in [4.78, 5) is 0. The van der Waals surface area contributed by atoms with Crippen molar-refractivity contribution < 1.29 is 25.8 Å². The van der Waals surface area contributed by atoms with Crippen LogP contribution in [0.1, 0.15) is 32.8 Å². The lowest BCUT2D eigenvalue weighted by atomic mass is 9.82. The molecule has 0 heterocycles. The summed E-state index contributed by atoms with van der Waals surface area (Å²) in [6, 6.07) is 5.56. The first-order chi connectivity index (χ1) is 8.49. The molecule has 7 heteroatoms. The molecular formula is C12H15F3O3S. The van der Waals surface area contributed by atoms with Crippen LogP contribution in [0.15, 0.2) is 24.3 Å². The second-order valence-corrected chi connectivity index (χ2v) is 6.28. The number of benzene rings is 1. The minimum Gasteiger partial charge on any atom is -0.376 e. The minimum atomic E-state index is -5.60. The van der Waals surface area contributed by atoms with Crippen LogP contribution in [0.2, 0.25) is 0 Å². The van der Waals surface area contributed by atoms with E-state index in [4.69, 9.17) is 0 Å². The summed E-state index contributed by atoms with van der Waals surface area (Å²) in [5.74, 6) is -0.354. The summed E-state index contributed by atoms with van der Waals surface area (Å²) in [5.41, 5.74) is -4.66. The lowest BCUT2D eigenvalue weighted by Crippen LogP contribution is -2.28. The van der Waals surface area contributed by atoms with Crippen LogP contribution in [0.4, 0.5) is 13.2 Å². The molecule has 1 aromatic carbocycles. The molecule has 1 rings (SSSR count). The Kier molecular flexibility index (Phi) is 4.19. The van der Waals surface area contributed by atoms with E-state index < -0.39 is 15.6 Å². The van der Waals surface area contributed by atoms with Crippen molar-refractivity contribution >= 4 is 10.1 Å². The van der Waals surface area contributed by atoms with Gasteiger partial charge in [-0.2, -0.15) is 21.6 Å². The molecule has 0 spiro atoms. The second kappa shape index (κ2) is 5.03. The van der Waals surface area contributed by atoms with E-state index in [0.29, 0.717) is 0 Å². The molecule has 1 aromatic rings. The Morgan fingerprint density at radius 2 is 1.58 bits per heavy atom. The van der Waals surface area contributed by atoms with Gasteiger partial charge in [0.1, 0.15) is 5.75 Å². The standard InChI is InChI=1S/C12H15F3O3S/c1-4-11(2,3)9-5-7-10(8-6-9)18-19(16,17)12(13,14)15/h5-8H,4H2,1-3H3. The topological polar surface area (TPSA) is 43.4 Å². The Labute approximate surface area is 110 Å². The van der Waals surface area contributed by atoms with E-state index in [1.165, 1.54) is 12.1 Å². The molecular weight excluding hydrogens is 281 g/mol. The van der Waals surface area contributed by atoms with Gasteiger partial charge in [-0.05, 0) is 29.5 Å². The van der Waals surface area contributed by atoms with Crippen molar-refractivity contribution in [3.63, 3.8) is 0 Å². The third-order valence-corrected chi connectivity index (χ3v) is 3.99. The van der Waals surface area contributed by atoms with Gasteiger partial charge in [0, 0.05) is 0 Å². The van der Waals surface area contributed by atoms with Gasteiger partial charge < -0.3 is 4.18 Å². The van der Waals surface area contributed by atoms with Gasteiger partial charge in [-0.1, -0.05) is 32.9 Å². The van der Waals surface area contributed by atoms with Gasteiger partial charge in [-0.3, -0.25) is 0 Å². The van der Waals surface area contributed by atoms with Crippen molar-refractivity contribution in [1.82, 2.24) is 0 Å². The van der Waals surface area contributed by atoms with Gasteiger partial charge in [0.15, 0.2) is 0 Å². The zero-order valence-electron chi connectivity index (χ0n) is 10.8. The maximum absolute atomic E-state index is 12.1. The van der Waals surface area contributed by atoms with Crippen molar-refractivity contribution in [1.29, 1.82) is 0 Å². The Morgan fingerprint density at radius 3 is 1.95 bits per heavy atom. The zero-order chi connectivity index (χ0) is 14.9. The minimum absolute atomic E-state index is 0.137. The largest absolute Gasteiger partial charge is 0.534 e. The Bertz CT molecular complexity index is 530. The molecule has 0 bridgehead atoms. The molecule has 0 atom stereocenters. The predicted molar refractivity (Wildman–Crippen MR) is 65.4 cm³/mol. The number of hydrogen-bond donors (Lipinski definition) is 0. The molecule has 0 N–H and O–H groups in total. The molecule has 0 aliphatic heterocycles. The summed E-state index contributed by atoms with van der Waals surface area (Å²) in [7, 11) is -5.60. The summed E-state index contributed by atoms with van der Waals surface area (Å²) in [6.07, 6.45) is 0.841. The average Bonchev–Trinajstić information content (AvgIpc) is 2.27. The molecule has 0 radical (unpaired) electrons. The fraction of sp³-hybridized carbons (Fsp3) is 0.500. The van der Waals surface area contributed by atoms with E-state index in [0.717, 1.165) is 12.0 Å². The fourth-order valence-corrected chi connectivity index (χ4v) is 1.80. The Balaban J connectivity index is 2.97. The van der Waals surface area contributed by atoms with Crippen molar-refractivity contribution in [3.05, 3.63) is 29.8 Å². The highest BCUT2D eigenvalue weighted by atomic mass is 32.2. The molecule has 0 amide bonds. The summed E-state index contributed by atoms with van der Waals surface area (Å²) in [6.45, 7) is 5.95. The van der Waals surface area contributed by atoms with Crippen LogP contribution < -0.4 is 4.18 Å². The molecule has 0 aliphatic rings. The maximum Gasteiger partial charge on any atom is 0.534 e. The number of hydrogen-bond acceptors (Lipinski definition) is 3. The van der Waals surface area contributed by atoms with Crippen LogP contribution in [0, 0.1) is 0 Å². The highest BCUT2D eigenvalue weighted by molar-refractivity contribution is 7.87. The highest BCUT2D eigenvalue weighted by Crippen LogP contribution is 2.30. The number of rotatable bonds is 4. The first-order valence-electron chi connectivity index (χ1n) is 5.61. The smallest absolute Gasteiger partial charge is 0.376 e. The van der Waals surface area contributed by atoms with Crippen LogP contribution >= 0.6 is 0 Å². The van der Waals surface area contributed by atoms with E-state index in [1.54, 1.807) is 12.1 Å².